The second-order valence-corrected chi connectivity index (χ2v) is 7.95. The van der Waals surface area contributed by atoms with Gasteiger partial charge >= 0.3 is 0 Å². The van der Waals surface area contributed by atoms with E-state index in [2.05, 4.69) is 22.0 Å². The summed E-state index contributed by atoms with van der Waals surface area (Å²) in [5.74, 6) is 2.54. The molecule has 28 heavy (non-hydrogen) atoms. The van der Waals surface area contributed by atoms with E-state index in [1.807, 2.05) is 36.4 Å². The summed E-state index contributed by atoms with van der Waals surface area (Å²) in [5, 5.41) is 4.05. The monoisotopic (exact) mass is 401 g/mol. The Hall–Kier alpha value is -2.05. The van der Waals surface area contributed by atoms with Gasteiger partial charge in [0.05, 0.1) is 19.9 Å². The van der Waals surface area contributed by atoms with E-state index < -0.39 is 0 Å². The fourth-order valence-electron chi connectivity index (χ4n) is 3.72. The van der Waals surface area contributed by atoms with Crippen LogP contribution < -0.4 is 10.1 Å². The number of piperidine rings is 1. The van der Waals surface area contributed by atoms with Gasteiger partial charge in [-0.05, 0) is 74.8 Å². The van der Waals surface area contributed by atoms with Crippen LogP contribution in [0.2, 0.25) is 0 Å². The first-order chi connectivity index (χ1) is 13.6. The minimum atomic E-state index is 0.666. The summed E-state index contributed by atoms with van der Waals surface area (Å²) >= 11 is 5.72. The Kier molecular flexibility index (Phi) is 7.74. The molecule has 0 spiro atoms. The zero-order chi connectivity index (χ0) is 19.8. The van der Waals surface area contributed by atoms with Gasteiger partial charge in [0, 0.05) is 24.8 Å². The number of benzene rings is 1. The zero-order valence-electron chi connectivity index (χ0n) is 16.9. The summed E-state index contributed by atoms with van der Waals surface area (Å²) in [7, 11) is 1.67. The van der Waals surface area contributed by atoms with Crippen molar-refractivity contribution in [2.45, 2.75) is 32.7 Å². The maximum atomic E-state index is 5.72. The van der Waals surface area contributed by atoms with Crippen molar-refractivity contribution in [1.82, 2.24) is 9.80 Å². The van der Waals surface area contributed by atoms with Gasteiger partial charge in [-0.3, -0.25) is 0 Å². The number of hydrogen-bond donors (Lipinski definition) is 1. The smallest absolute Gasteiger partial charge is 0.173 e. The maximum absolute atomic E-state index is 5.72. The van der Waals surface area contributed by atoms with E-state index in [1.165, 1.54) is 25.9 Å². The first-order valence-corrected chi connectivity index (χ1v) is 10.5. The molecule has 5 nitrogen and oxygen atoms in total. The van der Waals surface area contributed by atoms with Gasteiger partial charge in [-0.1, -0.05) is 13.0 Å². The van der Waals surface area contributed by atoms with Crippen molar-refractivity contribution in [2.75, 3.05) is 38.6 Å². The largest absolute Gasteiger partial charge is 0.497 e. The van der Waals surface area contributed by atoms with Gasteiger partial charge in [-0.15, -0.1) is 0 Å². The van der Waals surface area contributed by atoms with Crippen LogP contribution in [0.3, 0.4) is 0 Å². The Bertz CT molecular complexity index is 735. The maximum Gasteiger partial charge on any atom is 0.173 e. The highest BCUT2D eigenvalue weighted by atomic mass is 32.1. The van der Waals surface area contributed by atoms with Gasteiger partial charge in [-0.25, -0.2) is 0 Å². The van der Waals surface area contributed by atoms with Crippen molar-refractivity contribution >= 4 is 23.0 Å². The van der Waals surface area contributed by atoms with Crippen LogP contribution in [0, 0.1) is 5.92 Å². The van der Waals surface area contributed by atoms with Gasteiger partial charge in [0.15, 0.2) is 5.11 Å². The quantitative estimate of drug-likeness (QED) is 0.652. The summed E-state index contributed by atoms with van der Waals surface area (Å²) in [5.41, 5.74) is 0.929. The summed E-state index contributed by atoms with van der Waals surface area (Å²) in [6.07, 6.45) is 5.46. The molecule has 2 aromatic rings. The van der Waals surface area contributed by atoms with E-state index in [4.69, 9.17) is 21.4 Å². The van der Waals surface area contributed by atoms with Crippen molar-refractivity contribution in [2.24, 2.45) is 5.92 Å². The lowest BCUT2D eigenvalue weighted by atomic mass is 10.0. The predicted octanol–water partition coefficient (Wildman–Crippen LogP) is 4.61. The fraction of sp³-hybridized carbons (Fsp3) is 0.500. The normalized spacial score (nSPS) is 17.3. The number of nitrogens with one attached hydrogen (secondary N) is 1. The van der Waals surface area contributed by atoms with E-state index in [0.717, 1.165) is 42.6 Å². The average molecular weight is 402 g/mol. The van der Waals surface area contributed by atoms with Crippen molar-refractivity contribution in [3.8, 4) is 5.75 Å². The number of anilines is 1. The molecule has 1 N–H and O–H groups in total. The van der Waals surface area contributed by atoms with E-state index >= 15 is 0 Å². The molecule has 6 heteroatoms. The highest BCUT2D eigenvalue weighted by molar-refractivity contribution is 7.80. The number of hydrogen-bond acceptors (Lipinski definition) is 4. The minimum absolute atomic E-state index is 0.666. The van der Waals surface area contributed by atoms with Crippen LogP contribution in [-0.4, -0.2) is 48.2 Å². The average Bonchev–Trinajstić information content (AvgIpc) is 3.20. The number of furan rings is 1. The second kappa shape index (κ2) is 10.5. The lowest BCUT2D eigenvalue weighted by Crippen LogP contribution is -2.39. The third kappa shape index (κ3) is 6.24. The molecular weight excluding hydrogens is 370 g/mol. The van der Waals surface area contributed by atoms with Gasteiger partial charge in [0.2, 0.25) is 0 Å². The molecular formula is C22H31N3O2S. The molecule has 1 aromatic heterocycles. The van der Waals surface area contributed by atoms with E-state index in [9.17, 15) is 0 Å². The van der Waals surface area contributed by atoms with Crippen molar-refractivity contribution in [1.29, 1.82) is 0 Å². The van der Waals surface area contributed by atoms with Gasteiger partial charge in [-0.2, -0.15) is 0 Å². The molecule has 1 saturated heterocycles. The third-order valence-corrected chi connectivity index (χ3v) is 5.54. The van der Waals surface area contributed by atoms with Crippen molar-refractivity contribution in [3.63, 3.8) is 0 Å². The minimum Gasteiger partial charge on any atom is -0.497 e. The first kappa shape index (κ1) is 20.7. The van der Waals surface area contributed by atoms with Gasteiger partial charge < -0.3 is 24.3 Å². The van der Waals surface area contributed by atoms with Gasteiger partial charge in [0.1, 0.15) is 11.5 Å². The topological polar surface area (TPSA) is 40.9 Å². The van der Waals surface area contributed by atoms with Crippen LogP contribution in [0.1, 0.15) is 31.9 Å². The number of rotatable bonds is 8. The SMILES string of the molecule is COc1cccc(NC(=S)N(CCCN2CCCC(C)C2)Cc2ccco2)c1. The molecule has 1 fully saturated rings. The summed E-state index contributed by atoms with van der Waals surface area (Å²) in [4.78, 5) is 4.76. The summed E-state index contributed by atoms with van der Waals surface area (Å²) in [6, 6.07) is 11.7. The third-order valence-electron chi connectivity index (χ3n) is 5.18. The molecule has 0 amide bonds. The molecule has 1 aliphatic heterocycles. The Balaban J connectivity index is 1.58. The molecule has 0 saturated carbocycles. The lowest BCUT2D eigenvalue weighted by molar-refractivity contribution is 0.177. The molecule has 1 unspecified atom stereocenters. The summed E-state index contributed by atoms with van der Waals surface area (Å²) < 4.78 is 10.9. The molecule has 1 aliphatic rings. The fourth-order valence-corrected chi connectivity index (χ4v) is 4.00. The molecule has 0 aliphatic carbocycles. The van der Waals surface area contributed by atoms with Crippen LogP contribution in [-0.2, 0) is 6.54 Å². The Morgan fingerprint density at radius 1 is 1.36 bits per heavy atom. The Morgan fingerprint density at radius 2 is 2.25 bits per heavy atom. The van der Waals surface area contributed by atoms with Crippen molar-refractivity contribution < 1.29 is 9.15 Å². The second-order valence-electron chi connectivity index (χ2n) is 7.56. The molecule has 0 radical (unpaired) electrons. The standard InChI is InChI=1S/C22H31N3O2S/c1-18-7-4-11-24(16-18)12-6-13-25(17-21-10-5-14-27-21)22(28)23-19-8-3-9-20(15-19)26-2/h3,5,8-10,14-15,18H,4,6-7,11-13,16-17H2,1-2H3,(H,23,28). The van der Waals surface area contributed by atoms with Crippen LogP contribution >= 0.6 is 12.2 Å². The zero-order valence-corrected chi connectivity index (χ0v) is 17.7. The number of likely N-dealkylation sites (tertiary alicyclic amines) is 1. The highest BCUT2D eigenvalue weighted by Crippen LogP contribution is 2.19. The number of ether oxygens (including phenoxy) is 1. The number of methoxy groups -OCH3 is 1. The van der Waals surface area contributed by atoms with Crippen LogP contribution in [0.4, 0.5) is 5.69 Å². The van der Waals surface area contributed by atoms with Crippen molar-refractivity contribution in [3.05, 3.63) is 48.4 Å². The highest BCUT2D eigenvalue weighted by Gasteiger charge is 2.17. The molecule has 3 rings (SSSR count). The number of thiocarbonyl (C=S) groups is 1. The Labute approximate surface area is 173 Å². The van der Waals surface area contributed by atoms with E-state index in [1.54, 1.807) is 13.4 Å². The van der Waals surface area contributed by atoms with E-state index in [-0.39, 0.29) is 0 Å². The molecule has 152 valence electrons. The van der Waals surface area contributed by atoms with Crippen LogP contribution in [0.25, 0.3) is 0 Å². The molecule has 1 aromatic carbocycles. The summed E-state index contributed by atoms with van der Waals surface area (Å²) in [6.45, 7) is 7.45. The molecule has 1 atom stereocenters. The molecule has 2 heterocycles. The van der Waals surface area contributed by atoms with Crippen LogP contribution in [0.15, 0.2) is 47.1 Å². The lowest BCUT2D eigenvalue weighted by Gasteiger charge is -2.32. The number of nitrogens with zero attached hydrogens (tertiary/aromatic N) is 2. The Morgan fingerprint density at radius 3 is 3.00 bits per heavy atom. The van der Waals surface area contributed by atoms with Crippen LogP contribution in [0.5, 0.6) is 5.75 Å². The van der Waals surface area contributed by atoms with Gasteiger partial charge in [0.25, 0.3) is 0 Å². The predicted molar refractivity (Wildman–Crippen MR) is 118 cm³/mol. The first-order valence-electron chi connectivity index (χ1n) is 10.1. The molecule has 0 bridgehead atoms. The van der Waals surface area contributed by atoms with E-state index in [0.29, 0.717) is 11.7 Å².